The van der Waals surface area contributed by atoms with Gasteiger partial charge in [-0.05, 0) is 23.1 Å². The molecule has 2 aromatic carbocycles. The molecule has 6 nitrogen and oxygen atoms in total. The van der Waals surface area contributed by atoms with Crippen LogP contribution in [0.1, 0.15) is 34.5 Å². The number of nitrogens with zero attached hydrogens (tertiary/aromatic N) is 1. The Balaban J connectivity index is 1.73. The van der Waals surface area contributed by atoms with E-state index in [4.69, 9.17) is 5.21 Å². The second-order valence-corrected chi connectivity index (χ2v) is 6.94. The normalized spacial score (nSPS) is 11.6. The maximum absolute atomic E-state index is 12.7. The Labute approximate surface area is 160 Å². The number of amides is 2. The van der Waals surface area contributed by atoms with E-state index in [0.29, 0.717) is 11.6 Å². The molecule has 0 bridgehead atoms. The molecule has 1 heterocycles. The van der Waals surface area contributed by atoms with Gasteiger partial charge in [0, 0.05) is 0 Å². The highest BCUT2D eigenvalue weighted by Gasteiger charge is 2.20. The Hall–Kier alpha value is -3.03. The van der Waals surface area contributed by atoms with Gasteiger partial charge in [0.15, 0.2) is 5.13 Å². The summed E-state index contributed by atoms with van der Waals surface area (Å²) in [5.74, 6) is -1.17. The van der Waals surface area contributed by atoms with Crippen LogP contribution in [0.3, 0.4) is 0 Å². The molecule has 27 heavy (non-hydrogen) atoms. The van der Waals surface area contributed by atoms with Gasteiger partial charge in [0.25, 0.3) is 5.91 Å². The van der Waals surface area contributed by atoms with E-state index in [-0.39, 0.29) is 16.7 Å². The van der Waals surface area contributed by atoms with Gasteiger partial charge in [0.05, 0.1) is 12.1 Å². The Kier molecular flexibility index (Phi) is 5.95. The number of benzene rings is 2. The SMILES string of the molecule is CCC(C(=O)Nc1ncc(C(=O)NO)s1)c1ccc(-c2ccccc2)cc1. The summed E-state index contributed by atoms with van der Waals surface area (Å²) in [4.78, 5) is 28.2. The summed E-state index contributed by atoms with van der Waals surface area (Å²) >= 11 is 1.00. The molecule has 138 valence electrons. The van der Waals surface area contributed by atoms with Crippen molar-refractivity contribution in [1.29, 1.82) is 0 Å². The second-order valence-electron chi connectivity index (χ2n) is 5.91. The Morgan fingerprint density at radius 1 is 1.07 bits per heavy atom. The molecule has 3 aromatic rings. The molecule has 3 N–H and O–H groups in total. The molecular weight excluding hydrogens is 362 g/mol. The standard InChI is InChI=1S/C20H19N3O3S/c1-2-16(18(24)22-20-21-12-17(27-20)19(25)23-26)15-10-8-14(9-11-15)13-6-4-3-5-7-13/h3-12,16,26H,2H2,1H3,(H,23,25)(H,21,22,24). The van der Waals surface area contributed by atoms with Crippen LogP contribution in [0.15, 0.2) is 60.8 Å². The predicted octanol–water partition coefficient (Wildman–Crippen LogP) is 4.06. The minimum absolute atomic E-state index is 0.185. The minimum atomic E-state index is -0.656. The van der Waals surface area contributed by atoms with Crippen LogP contribution in [-0.4, -0.2) is 22.0 Å². The van der Waals surface area contributed by atoms with Gasteiger partial charge in [-0.1, -0.05) is 72.9 Å². The number of anilines is 1. The Morgan fingerprint density at radius 3 is 2.37 bits per heavy atom. The molecule has 0 saturated heterocycles. The van der Waals surface area contributed by atoms with Crippen molar-refractivity contribution in [2.75, 3.05) is 5.32 Å². The van der Waals surface area contributed by atoms with E-state index in [9.17, 15) is 9.59 Å². The van der Waals surface area contributed by atoms with Crippen LogP contribution in [-0.2, 0) is 4.79 Å². The third-order valence-electron chi connectivity index (χ3n) is 4.21. The number of aromatic nitrogens is 1. The van der Waals surface area contributed by atoms with Crippen LogP contribution in [0.4, 0.5) is 5.13 Å². The number of hydroxylamine groups is 1. The maximum Gasteiger partial charge on any atom is 0.286 e. The fraction of sp³-hybridized carbons (Fsp3) is 0.150. The summed E-state index contributed by atoms with van der Waals surface area (Å²) in [6, 6.07) is 18.0. The zero-order chi connectivity index (χ0) is 19.2. The average Bonchev–Trinajstić information content (AvgIpc) is 3.17. The topological polar surface area (TPSA) is 91.3 Å². The molecule has 0 saturated carbocycles. The van der Waals surface area contributed by atoms with Crippen LogP contribution < -0.4 is 10.8 Å². The zero-order valence-electron chi connectivity index (χ0n) is 14.7. The highest BCUT2D eigenvalue weighted by atomic mass is 32.1. The molecule has 0 aliphatic heterocycles. The number of carbonyl (C=O) groups excluding carboxylic acids is 2. The third kappa shape index (κ3) is 4.39. The first kappa shape index (κ1) is 18.8. The second kappa shape index (κ2) is 8.57. The van der Waals surface area contributed by atoms with Gasteiger partial charge in [-0.15, -0.1) is 0 Å². The number of nitrogens with one attached hydrogen (secondary N) is 2. The van der Waals surface area contributed by atoms with E-state index in [1.807, 2.05) is 61.5 Å². The van der Waals surface area contributed by atoms with E-state index in [1.54, 1.807) is 5.48 Å². The van der Waals surface area contributed by atoms with Crippen molar-refractivity contribution < 1.29 is 14.8 Å². The minimum Gasteiger partial charge on any atom is -0.301 e. The van der Waals surface area contributed by atoms with Gasteiger partial charge in [0.2, 0.25) is 5.91 Å². The van der Waals surface area contributed by atoms with Crippen molar-refractivity contribution in [1.82, 2.24) is 10.5 Å². The summed E-state index contributed by atoms with van der Waals surface area (Å²) in [5.41, 5.74) is 4.68. The van der Waals surface area contributed by atoms with E-state index >= 15 is 0 Å². The maximum atomic E-state index is 12.7. The van der Waals surface area contributed by atoms with E-state index in [0.717, 1.165) is 28.0 Å². The van der Waals surface area contributed by atoms with Crippen molar-refractivity contribution in [3.8, 4) is 11.1 Å². The number of carbonyl (C=O) groups is 2. The van der Waals surface area contributed by atoms with Crippen molar-refractivity contribution in [3.63, 3.8) is 0 Å². The van der Waals surface area contributed by atoms with Crippen molar-refractivity contribution in [2.24, 2.45) is 0 Å². The fourth-order valence-electron chi connectivity index (χ4n) is 2.80. The van der Waals surface area contributed by atoms with Crippen LogP contribution in [0.2, 0.25) is 0 Å². The number of hydrogen-bond donors (Lipinski definition) is 3. The molecule has 1 unspecified atom stereocenters. The molecule has 3 rings (SSSR count). The van der Waals surface area contributed by atoms with Crippen molar-refractivity contribution in [2.45, 2.75) is 19.3 Å². The summed E-state index contributed by atoms with van der Waals surface area (Å²) < 4.78 is 0. The third-order valence-corrected chi connectivity index (χ3v) is 5.12. The summed E-state index contributed by atoms with van der Waals surface area (Å²) in [6.45, 7) is 1.95. The molecule has 0 aliphatic carbocycles. The Bertz CT molecular complexity index is 923. The van der Waals surface area contributed by atoms with Crippen LogP contribution in [0.25, 0.3) is 11.1 Å². The van der Waals surface area contributed by atoms with Crippen LogP contribution in [0, 0.1) is 0 Å². The van der Waals surface area contributed by atoms with Gasteiger partial charge in [0.1, 0.15) is 4.88 Å². The van der Waals surface area contributed by atoms with E-state index < -0.39 is 5.91 Å². The lowest BCUT2D eigenvalue weighted by Gasteiger charge is -2.15. The van der Waals surface area contributed by atoms with Crippen molar-refractivity contribution in [3.05, 3.63) is 71.2 Å². The van der Waals surface area contributed by atoms with Gasteiger partial charge in [-0.3, -0.25) is 14.8 Å². The van der Waals surface area contributed by atoms with Gasteiger partial charge in [-0.2, -0.15) is 0 Å². The lowest BCUT2D eigenvalue weighted by Crippen LogP contribution is -2.20. The summed E-state index contributed by atoms with van der Waals surface area (Å²) in [5, 5.41) is 11.7. The smallest absolute Gasteiger partial charge is 0.286 e. The predicted molar refractivity (Wildman–Crippen MR) is 105 cm³/mol. The zero-order valence-corrected chi connectivity index (χ0v) is 15.5. The first-order valence-electron chi connectivity index (χ1n) is 8.49. The number of thiazole rings is 1. The molecule has 1 atom stereocenters. The molecular formula is C20H19N3O3S. The lowest BCUT2D eigenvalue weighted by atomic mass is 9.93. The molecule has 7 heteroatoms. The van der Waals surface area contributed by atoms with Gasteiger partial charge < -0.3 is 5.32 Å². The summed E-state index contributed by atoms with van der Waals surface area (Å²) in [7, 11) is 0. The molecule has 1 aromatic heterocycles. The largest absolute Gasteiger partial charge is 0.301 e. The average molecular weight is 381 g/mol. The summed E-state index contributed by atoms with van der Waals surface area (Å²) in [6.07, 6.45) is 1.94. The lowest BCUT2D eigenvalue weighted by molar-refractivity contribution is -0.117. The molecule has 0 aliphatic rings. The monoisotopic (exact) mass is 381 g/mol. The fourth-order valence-corrected chi connectivity index (χ4v) is 3.50. The van der Waals surface area contributed by atoms with Crippen molar-refractivity contribution >= 4 is 28.3 Å². The van der Waals surface area contributed by atoms with E-state index in [1.165, 1.54) is 6.20 Å². The number of hydrogen-bond acceptors (Lipinski definition) is 5. The molecule has 0 radical (unpaired) electrons. The van der Waals surface area contributed by atoms with Crippen LogP contribution in [0.5, 0.6) is 0 Å². The van der Waals surface area contributed by atoms with Gasteiger partial charge >= 0.3 is 0 Å². The molecule has 0 spiro atoms. The van der Waals surface area contributed by atoms with Gasteiger partial charge in [-0.25, -0.2) is 10.5 Å². The van der Waals surface area contributed by atoms with E-state index in [2.05, 4.69) is 10.3 Å². The highest BCUT2D eigenvalue weighted by molar-refractivity contribution is 7.17. The molecule has 0 fully saturated rings. The first-order valence-corrected chi connectivity index (χ1v) is 9.30. The molecule has 2 amide bonds. The van der Waals surface area contributed by atoms with Crippen LogP contribution >= 0.6 is 11.3 Å². The quantitative estimate of drug-likeness (QED) is 0.443. The first-order chi connectivity index (χ1) is 13.1. The number of rotatable bonds is 6. The highest BCUT2D eigenvalue weighted by Crippen LogP contribution is 2.26. The Morgan fingerprint density at radius 2 is 1.74 bits per heavy atom.